The molecule has 17 heavy (non-hydrogen) atoms. The number of rotatable bonds is 5. The van der Waals surface area contributed by atoms with E-state index in [1.54, 1.807) is 0 Å². The summed E-state index contributed by atoms with van der Waals surface area (Å²) < 4.78 is 6.25. The molecule has 4 heteroatoms. The van der Waals surface area contributed by atoms with Gasteiger partial charge in [0, 0.05) is 24.9 Å². The van der Waals surface area contributed by atoms with Crippen LogP contribution in [0.5, 0.6) is 0 Å². The molecule has 0 saturated carbocycles. The second-order valence-electron chi connectivity index (χ2n) is 4.01. The summed E-state index contributed by atoms with van der Waals surface area (Å²) in [6.45, 7) is 1.79. The number of halogens is 1. The van der Waals surface area contributed by atoms with Gasteiger partial charge in [-0.2, -0.15) is 0 Å². The van der Waals surface area contributed by atoms with E-state index in [0.29, 0.717) is 0 Å². The Morgan fingerprint density at radius 1 is 1.29 bits per heavy atom. The lowest BCUT2D eigenvalue weighted by atomic mass is 10.2. The Kier molecular flexibility index (Phi) is 4.34. The van der Waals surface area contributed by atoms with Gasteiger partial charge in [0.2, 0.25) is 0 Å². The van der Waals surface area contributed by atoms with Crippen molar-refractivity contribution < 1.29 is 4.42 Å². The van der Waals surface area contributed by atoms with Crippen molar-refractivity contribution in [2.75, 3.05) is 13.6 Å². The van der Waals surface area contributed by atoms with E-state index in [-0.39, 0.29) is 0 Å². The summed E-state index contributed by atoms with van der Waals surface area (Å²) in [5.41, 5.74) is 1.12. The van der Waals surface area contributed by atoms with Crippen LogP contribution in [0.3, 0.4) is 0 Å². The van der Waals surface area contributed by atoms with Gasteiger partial charge in [-0.1, -0.05) is 6.07 Å². The highest BCUT2D eigenvalue weighted by Gasteiger charge is 2.04. The maximum atomic E-state index is 5.47. The Balaban J connectivity index is 1.80. The standard InChI is InChI=1S/C13H15BrN2O/c1-16(10-12-5-6-13(14)17-12)9-7-11-4-2-3-8-15-11/h2-6,8H,7,9-10H2,1H3. The van der Waals surface area contributed by atoms with Crippen LogP contribution in [0.15, 0.2) is 45.6 Å². The van der Waals surface area contributed by atoms with Gasteiger partial charge in [0.1, 0.15) is 5.76 Å². The van der Waals surface area contributed by atoms with Crippen LogP contribution in [0.25, 0.3) is 0 Å². The van der Waals surface area contributed by atoms with Crippen LogP contribution in [-0.2, 0) is 13.0 Å². The monoisotopic (exact) mass is 294 g/mol. The topological polar surface area (TPSA) is 29.3 Å². The first-order valence-corrected chi connectivity index (χ1v) is 6.36. The van der Waals surface area contributed by atoms with Crippen molar-refractivity contribution in [3.05, 3.63) is 52.7 Å². The van der Waals surface area contributed by atoms with Crippen molar-refractivity contribution in [1.29, 1.82) is 0 Å². The fourth-order valence-electron chi connectivity index (χ4n) is 1.63. The van der Waals surface area contributed by atoms with Crippen LogP contribution in [0, 0.1) is 0 Å². The highest BCUT2D eigenvalue weighted by molar-refractivity contribution is 9.10. The molecule has 2 rings (SSSR count). The third-order valence-electron chi connectivity index (χ3n) is 2.53. The first-order valence-electron chi connectivity index (χ1n) is 5.57. The Hall–Kier alpha value is -1.13. The first kappa shape index (κ1) is 12.3. The van der Waals surface area contributed by atoms with Gasteiger partial charge in [-0.15, -0.1) is 0 Å². The Bertz CT molecular complexity index is 455. The molecule has 0 amide bonds. The van der Waals surface area contributed by atoms with E-state index in [4.69, 9.17) is 4.42 Å². The summed E-state index contributed by atoms with van der Waals surface area (Å²) in [7, 11) is 2.08. The van der Waals surface area contributed by atoms with Crippen LogP contribution in [0.1, 0.15) is 11.5 Å². The van der Waals surface area contributed by atoms with Crippen molar-refractivity contribution >= 4 is 15.9 Å². The number of likely N-dealkylation sites (N-methyl/N-ethyl adjacent to an activating group) is 1. The number of nitrogens with zero attached hydrogens (tertiary/aromatic N) is 2. The van der Waals surface area contributed by atoms with Crippen molar-refractivity contribution in [2.45, 2.75) is 13.0 Å². The molecule has 0 aliphatic rings. The summed E-state index contributed by atoms with van der Waals surface area (Å²) in [4.78, 5) is 6.53. The van der Waals surface area contributed by atoms with Gasteiger partial charge < -0.3 is 4.42 Å². The summed E-state index contributed by atoms with van der Waals surface area (Å²) >= 11 is 3.30. The second kappa shape index (κ2) is 5.98. The molecule has 0 aliphatic heterocycles. The van der Waals surface area contributed by atoms with Crippen molar-refractivity contribution in [3.8, 4) is 0 Å². The Morgan fingerprint density at radius 2 is 2.18 bits per heavy atom. The van der Waals surface area contributed by atoms with E-state index in [1.165, 1.54) is 0 Å². The van der Waals surface area contributed by atoms with E-state index in [9.17, 15) is 0 Å². The number of hydrogen-bond donors (Lipinski definition) is 0. The zero-order valence-electron chi connectivity index (χ0n) is 9.77. The largest absolute Gasteiger partial charge is 0.453 e. The smallest absolute Gasteiger partial charge is 0.169 e. The predicted molar refractivity (Wildman–Crippen MR) is 70.7 cm³/mol. The van der Waals surface area contributed by atoms with Gasteiger partial charge in [0.25, 0.3) is 0 Å². The van der Waals surface area contributed by atoms with E-state index < -0.39 is 0 Å². The van der Waals surface area contributed by atoms with Crippen molar-refractivity contribution in [2.24, 2.45) is 0 Å². The van der Waals surface area contributed by atoms with Gasteiger partial charge >= 0.3 is 0 Å². The summed E-state index contributed by atoms with van der Waals surface area (Å²) in [6, 6.07) is 9.92. The van der Waals surface area contributed by atoms with Gasteiger partial charge in [0.05, 0.1) is 6.54 Å². The van der Waals surface area contributed by atoms with Crippen LogP contribution in [-0.4, -0.2) is 23.5 Å². The molecule has 0 atom stereocenters. The van der Waals surface area contributed by atoms with Crippen molar-refractivity contribution in [3.63, 3.8) is 0 Å². The van der Waals surface area contributed by atoms with Gasteiger partial charge in [-0.3, -0.25) is 9.88 Å². The number of aromatic nitrogens is 1. The Labute approximate surface area is 110 Å². The van der Waals surface area contributed by atoms with Gasteiger partial charge in [-0.25, -0.2) is 0 Å². The summed E-state index contributed by atoms with van der Waals surface area (Å²) in [5, 5.41) is 0. The number of hydrogen-bond acceptors (Lipinski definition) is 3. The molecular weight excluding hydrogens is 280 g/mol. The molecule has 0 aromatic carbocycles. The zero-order valence-corrected chi connectivity index (χ0v) is 11.4. The molecule has 0 N–H and O–H groups in total. The molecular formula is C13H15BrN2O. The van der Waals surface area contributed by atoms with E-state index in [2.05, 4.69) is 38.9 Å². The molecule has 2 heterocycles. The van der Waals surface area contributed by atoms with Gasteiger partial charge in [0.15, 0.2) is 4.67 Å². The molecule has 0 aliphatic carbocycles. The first-order chi connectivity index (χ1) is 8.24. The average Bonchev–Trinajstić information content (AvgIpc) is 2.73. The molecule has 2 aromatic rings. The lowest BCUT2D eigenvalue weighted by Crippen LogP contribution is -2.20. The maximum Gasteiger partial charge on any atom is 0.169 e. The summed E-state index contributed by atoms with van der Waals surface area (Å²) in [6.07, 6.45) is 2.79. The lowest BCUT2D eigenvalue weighted by molar-refractivity contribution is 0.295. The number of furan rings is 1. The van der Waals surface area contributed by atoms with Crippen LogP contribution < -0.4 is 0 Å². The molecule has 90 valence electrons. The molecule has 0 bridgehead atoms. The predicted octanol–water partition coefficient (Wildman–Crippen LogP) is 3.11. The van der Waals surface area contributed by atoms with Crippen LogP contribution in [0.2, 0.25) is 0 Å². The minimum Gasteiger partial charge on any atom is -0.453 e. The quantitative estimate of drug-likeness (QED) is 0.848. The molecule has 2 aromatic heterocycles. The van der Waals surface area contributed by atoms with Crippen LogP contribution in [0.4, 0.5) is 0 Å². The van der Waals surface area contributed by atoms with Gasteiger partial charge in [-0.05, 0) is 47.2 Å². The third kappa shape index (κ3) is 3.98. The third-order valence-corrected chi connectivity index (χ3v) is 2.96. The fraction of sp³-hybridized carbons (Fsp3) is 0.308. The minimum atomic E-state index is 0.783. The summed E-state index contributed by atoms with van der Waals surface area (Å²) in [5.74, 6) is 0.973. The zero-order chi connectivity index (χ0) is 12.1. The van der Waals surface area contributed by atoms with Crippen LogP contribution >= 0.6 is 15.9 Å². The maximum absolute atomic E-state index is 5.47. The molecule has 0 fully saturated rings. The SMILES string of the molecule is CN(CCc1ccccn1)Cc1ccc(Br)o1. The highest BCUT2D eigenvalue weighted by atomic mass is 79.9. The lowest BCUT2D eigenvalue weighted by Gasteiger charge is -2.14. The normalized spacial score (nSPS) is 11.0. The molecule has 0 saturated heterocycles. The molecule has 0 spiro atoms. The number of pyridine rings is 1. The van der Waals surface area contributed by atoms with E-state index in [0.717, 1.165) is 35.6 Å². The van der Waals surface area contributed by atoms with Crippen molar-refractivity contribution in [1.82, 2.24) is 9.88 Å². The molecule has 3 nitrogen and oxygen atoms in total. The van der Waals surface area contributed by atoms with E-state index in [1.807, 2.05) is 30.5 Å². The fourth-order valence-corrected chi connectivity index (χ4v) is 1.97. The van der Waals surface area contributed by atoms with E-state index >= 15 is 0 Å². The minimum absolute atomic E-state index is 0.783. The molecule has 0 radical (unpaired) electrons. The molecule has 0 unspecified atom stereocenters. The highest BCUT2D eigenvalue weighted by Crippen LogP contribution is 2.15. The average molecular weight is 295 g/mol. The second-order valence-corrected chi connectivity index (χ2v) is 4.80. The Morgan fingerprint density at radius 3 is 2.82 bits per heavy atom.